The summed E-state index contributed by atoms with van der Waals surface area (Å²) in [6, 6.07) is 14.5. The van der Waals surface area contributed by atoms with Crippen LogP contribution in [0.1, 0.15) is 37.7 Å². The van der Waals surface area contributed by atoms with Crippen molar-refractivity contribution < 1.29 is 13.9 Å². The monoisotopic (exact) mass is 353 g/mol. The van der Waals surface area contributed by atoms with Crippen LogP contribution in [-0.2, 0) is 4.79 Å². The number of ether oxygens (including phenoxy) is 1. The van der Waals surface area contributed by atoms with Crippen molar-refractivity contribution in [3.63, 3.8) is 0 Å². The molecule has 0 spiro atoms. The normalized spacial score (nSPS) is 22.6. The lowest BCUT2D eigenvalue weighted by molar-refractivity contribution is -0.120. The second-order valence-electron chi connectivity index (χ2n) is 7.48. The van der Waals surface area contributed by atoms with Gasteiger partial charge in [0, 0.05) is 17.6 Å². The summed E-state index contributed by atoms with van der Waals surface area (Å²) in [5, 5.41) is 0. The third-order valence-corrected chi connectivity index (χ3v) is 5.71. The Bertz CT molecular complexity index is 783. The third-order valence-electron chi connectivity index (χ3n) is 5.71. The van der Waals surface area contributed by atoms with E-state index in [-0.39, 0.29) is 29.6 Å². The quantitative estimate of drug-likeness (QED) is 0.749. The second kappa shape index (κ2) is 6.75. The van der Waals surface area contributed by atoms with Gasteiger partial charge < -0.3 is 9.64 Å². The maximum Gasteiger partial charge on any atom is 0.230 e. The number of hydrogen-bond acceptors (Lipinski definition) is 2. The molecule has 4 rings (SSSR count). The van der Waals surface area contributed by atoms with E-state index in [1.807, 2.05) is 29.2 Å². The number of benzene rings is 2. The predicted octanol–water partition coefficient (Wildman–Crippen LogP) is 4.77. The number of carbonyl (C=O) groups excluding carboxylic acids is 1. The van der Waals surface area contributed by atoms with E-state index in [4.69, 9.17) is 4.74 Å². The van der Waals surface area contributed by atoms with Crippen molar-refractivity contribution in [3.05, 3.63) is 59.9 Å². The van der Waals surface area contributed by atoms with Gasteiger partial charge in [0.15, 0.2) is 0 Å². The Labute approximate surface area is 153 Å². The molecule has 2 aliphatic rings. The van der Waals surface area contributed by atoms with E-state index >= 15 is 0 Å². The summed E-state index contributed by atoms with van der Waals surface area (Å²) < 4.78 is 18.4. The standard InChI is InChI=1S/C22H24FNO2/c1-14(15-3-4-15)24(18-9-11-19(26-2)12-10-18)22(25)21-13-20(21)16-5-7-17(23)8-6-16/h5-12,14-15,20-21H,3-4,13H2,1-2H3. The molecular weight excluding hydrogens is 329 g/mol. The molecule has 3 atom stereocenters. The average molecular weight is 353 g/mol. The lowest BCUT2D eigenvalue weighted by Gasteiger charge is -2.30. The SMILES string of the molecule is COc1ccc(N(C(=O)C2CC2c2ccc(F)cc2)C(C)C2CC2)cc1. The lowest BCUT2D eigenvalue weighted by atomic mass is 10.1. The summed E-state index contributed by atoms with van der Waals surface area (Å²) in [6.07, 6.45) is 3.22. The highest BCUT2D eigenvalue weighted by Crippen LogP contribution is 2.50. The molecular formula is C22H24FNO2. The number of anilines is 1. The molecule has 2 aromatic rings. The van der Waals surface area contributed by atoms with Crippen LogP contribution < -0.4 is 9.64 Å². The third kappa shape index (κ3) is 3.33. The van der Waals surface area contributed by atoms with Crippen molar-refractivity contribution in [3.8, 4) is 5.75 Å². The van der Waals surface area contributed by atoms with E-state index in [2.05, 4.69) is 6.92 Å². The van der Waals surface area contributed by atoms with Gasteiger partial charge in [-0.1, -0.05) is 12.1 Å². The van der Waals surface area contributed by atoms with E-state index in [0.717, 1.165) is 23.4 Å². The average Bonchev–Trinajstić information content (AvgIpc) is 3.56. The smallest absolute Gasteiger partial charge is 0.230 e. The number of hydrogen-bond donors (Lipinski definition) is 0. The van der Waals surface area contributed by atoms with Gasteiger partial charge in [-0.2, -0.15) is 0 Å². The molecule has 136 valence electrons. The second-order valence-corrected chi connectivity index (χ2v) is 7.48. The van der Waals surface area contributed by atoms with E-state index in [1.54, 1.807) is 19.2 Å². The van der Waals surface area contributed by atoms with Gasteiger partial charge >= 0.3 is 0 Å². The van der Waals surface area contributed by atoms with Crippen LogP contribution in [0.3, 0.4) is 0 Å². The Morgan fingerprint density at radius 1 is 1.12 bits per heavy atom. The molecule has 0 N–H and O–H groups in total. The Balaban J connectivity index is 1.55. The largest absolute Gasteiger partial charge is 0.497 e. The zero-order chi connectivity index (χ0) is 18.3. The zero-order valence-corrected chi connectivity index (χ0v) is 15.2. The Kier molecular flexibility index (Phi) is 4.43. The van der Waals surface area contributed by atoms with Crippen molar-refractivity contribution in [1.82, 2.24) is 0 Å². The van der Waals surface area contributed by atoms with Gasteiger partial charge in [0.2, 0.25) is 5.91 Å². The number of methoxy groups -OCH3 is 1. The van der Waals surface area contributed by atoms with Crippen molar-refractivity contribution >= 4 is 11.6 Å². The fourth-order valence-electron chi connectivity index (χ4n) is 3.82. The Hall–Kier alpha value is -2.36. The summed E-state index contributed by atoms with van der Waals surface area (Å²) in [5.74, 6) is 1.52. The minimum absolute atomic E-state index is 0.0104. The van der Waals surface area contributed by atoms with Gasteiger partial charge in [0.05, 0.1) is 7.11 Å². The maximum atomic E-state index is 13.3. The van der Waals surface area contributed by atoms with Crippen molar-refractivity contribution in [2.45, 2.75) is 38.1 Å². The van der Waals surface area contributed by atoms with E-state index in [9.17, 15) is 9.18 Å². The zero-order valence-electron chi connectivity index (χ0n) is 15.2. The highest BCUT2D eigenvalue weighted by molar-refractivity contribution is 5.98. The molecule has 0 heterocycles. The molecule has 0 bridgehead atoms. The molecule has 3 nitrogen and oxygen atoms in total. The number of amides is 1. The van der Waals surface area contributed by atoms with E-state index in [1.165, 1.54) is 25.0 Å². The lowest BCUT2D eigenvalue weighted by Crippen LogP contribution is -2.41. The van der Waals surface area contributed by atoms with Crippen LogP contribution in [0.4, 0.5) is 10.1 Å². The first-order chi connectivity index (χ1) is 12.6. The minimum Gasteiger partial charge on any atom is -0.497 e. The van der Waals surface area contributed by atoms with Crippen LogP contribution in [0.5, 0.6) is 5.75 Å². The molecule has 0 aromatic heterocycles. The first-order valence-corrected chi connectivity index (χ1v) is 9.31. The Morgan fingerprint density at radius 2 is 1.77 bits per heavy atom. The summed E-state index contributed by atoms with van der Waals surface area (Å²) in [4.78, 5) is 15.3. The van der Waals surface area contributed by atoms with Gasteiger partial charge in [0.25, 0.3) is 0 Å². The summed E-state index contributed by atoms with van der Waals surface area (Å²) in [7, 11) is 1.64. The first-order valence-electron chi connectivity index (χ1n) is 9.31. The Morgan fingerprint density at radius 3 is 2.35 bits per heavy atom. The molecule has 2 fully saturated rings. The van der Waals surface area contributed by atoms with Gasteiger partial charge in [0.1, 0.15) is 11.6 Å². The van der Waals surface area contributed by atoms with Crippen LogP contribution in [0.15, 0.2) is 48.5 Å². The van der Waals surface area contributed by atoms with Crippen LogP contribution >= 0.6 is 0 Å². The molecule has 0 saturated heterocycles. The molecule has 2 aromatic carbocycles. The first kappa shape index (κ1) is 17.1. The molecule has 2 aliphatic carbocycles. The van der Waals surface area contributed by atoms with Crippen LogP contribution in [-0.4, -0.2) is 19.1 Å². The topological polar surface area (TPSA) is 29.5 Å². The summed E-state index contributed by atoms with van der Waals surface area (Å²) >= 11 is 0. The molecule has 1 amide bonds. The van der Waals surface area contributed by atoms with Crippen molar-refractivity contribution in [1.29, 1.82) is 0 Å². The molecule has 0 radical (unpaired) electrons. The van der Waals surface area contributed by atoms with Crippen LogP contribution in [0.2, 0.25) is 0 Å². The molecule has 3 unspecified atom stereocenters. The number of halogens is 1. The highest BCUT2D eigenvalue weighted by Gasteiger charge is 2.48. The van der Waals surface area contributed by atoms with E-state index < -0.39 is 0 Å². The maximum absolute atomic E-state index is 13.3. The van der Waals surface area contributed by atoms with E-state index in [0.29, 0.717) is 5.92 Å². The van der Waals surface area contributed by atoms with Gasteiger partial charge in [-0.15, -0.1) is 0 Å². The van der Waals surface area contributed by atoms with Gasteiger partial charge in [-0.05, 0) is 80.0 Å². The highest BCUT2D eigenvalue weighted by atomic mass is 19.1. The number of nitrogens with zero attached hydrogens (tertiary/aromatic N) is 1. The number of carbonyl (C=O) groups is 1. The fourth-order valence-corrected chi connectivity index (χ4v) is 3.82. The molecule has 2 saturated carbocycles. The molecule has 4 heteroatoms. The minimum atomic E-state index is -0.237. The van der Waals surface area contributed by atoms with Crippen molar-refractivity contribution in [2.24, 2.45) is 11.8 Å². The predicted molar refractivity (Wildman–Crippen MR) is 99.9 cm³/mol. The fraction of sp³-hybridized carbons (Fsp3) is 0.409. The van der Waals surface area contributed by atoms with Gasteiger partial charge in [-0.3, -0.25) is 4.79 Å². The summed E-state index contributed by atoms with van der Waals surface area (Å²) in [6.45, 7) is 2.15. The molecule has 0 aliphatic heterocycles. The summed E-state index contributed by atoms with van der Waals surface area (Å²) in [5.41, 5.74) is 1.98. The van der Waals surface area contributed by atoms with Crippen LogP contribution in [0.25, 0.3) is 0 Å². The number of rotatable bonds is 6. The molecule has 26 heavy (non-hydrogen) atoms. The van der Waals surface area contributed by atoms with Crippen LogP contribution in [0, 0.1) is 17.7 Å². The van der Waals surface area contributed by atoms with Crippen molar-refractivity contribution in [2.75, 3.05) is 12.0 Å². The van der Waals surface area contributed by atoms with Gasteiger partial charge in [-0.25, -0.2) is 4.39 Å².